The first-order valence-corrected chi connectivity index (χ1v) is 7.91. The number of benzene rings is 1. The molecule has 1 atom stereocenters. The van der Waals surface area contributed by atoms with Crippen LogP contribution in [0.4, 0.5) is 4.39 Å². The monoisotopic (exact) mass is 328 g/mol. The van der Waals surface area contributed by atoms with Gasteiger partial charge in [0.05, 0.1) is 17.9 Å². The molecule has 0 radical (unpaired) electrons. The summed E-state index contributed by atoms with van der Waals surface area (Å²) in [4.78, 5) is 3.95. The second-order valence-corrected chi connectivity index (χ2v) is 5.94. The molecule has 7 heteroatoms. The lowest BCUT2D eigenvalue weighted by Gasteiger charge is -2.14. The van der Waals surface area contributed by atoms with Gasteiger partial charge in [-0.25, -0.2) is 14.1 Å². The van der Waals surface area contributed by atoms with Crippen molar-refractivity contribution in [2.45, 2.75) is 39.9 Å². The summed E-state index contributed by atoms with van der Waals surface area (Å²) in [7, 11) is 0. The van der Waals surface area contributed by atoms with Gasteiger partial charge in [-0.15, -0.1) is 0 Å². The summed E-state index contributed by atoms with van der Waals surface area (Å²) in [6.45, 7) is 7.60. The fourth-order valence-electron chi connectivity index (χ4n) is 2.71. The lowest BCUT2D eigenvalue weighted by atomic mass is 10.2. The number of aromatic nitrogens is 5. The second kappa shape index (κ2) is 6.92. The highest BCUT2D eigenvalue weighted by atomic mass is 19.1. The smallest absolute Gasteiger partial charge is 0.137 e. The van der Waals surface area contributed by atoms with E-state index in [1.165, 1.54) is 18.5 Å². The van der Waals surface area contributed by atoms with Crippen molar-refractivity contribution in [2.75, 3.05) is 0 Å². The maximum absolute atomic E-state index is 13.1. The number of aryl methyl sites for hydroxylation is 1. The lowest BCUT2D eigenvalue weighted by molar-refractivity contribution is 0.449. The molecule has 24 heavy (non-hydrogen) atoms. The molecule has 1 aromatic carbocycles. The Morgan fingerprint density at radius 2 is 1.96 bits per heavy atom. The number of nitrogens with one attached hydrogen (secondary N) is 1. The molecule has 0 fully saturated rings. The highest BCUT2D eigenvalue weighted by molar-refractivity contribution is 5.37. The molecule has 1 N–H and O–H groups in total. The average molecular weight is 328 g/mol. The summed E-state index contributed by atoms with van der Waals surface area (Å²) in [5.41, 5.74) is 4.04. The Morgan fingerprint density at radius 1 is 1.21 bits per heavy atom. The zero-order valence-corrected chi connectivity index (χ0v) is 14.1. The molecule has 6 nitrogen and oxygen atoms in total. The molecule has 2 heterocycles. The van der Waals surface area contributed by atoms with E-state index in [1.807, 2.05) is 18.5 Å². The Morgan fingerprint density at radius 3 is 2.62 bits per heavy atom. The third kappa shape index (κ3) is 3.51. The molecular weight excluding hydrogens is 307 g/mol. The van der Waals surface area contributed by atoms with Crippen LogP contribution in [0, 0.1) is 19.7 Å². The highest BCUT2D eigenvalue weighted by Gasteiger charge is 2.14. The zero-order chi connectivity index (χ0) is 17.1. The minimum atomic E-state index is -0.246. The van der Waals surface area contributed by atoms with Crippen LogP contribution in [0.25, 0.3) is 5.69 Å². The standard InChI is InChI=1S/C17H21FN6/c1-12(9-23-11-19-10-21-23)20-8-17-13(2)22-24(14(17)3)16-6-4-15(18)5-7-16/h4-7,10-12,20H,8-9H2,1-3H3/t12-/m1/s1. The van der Waals surface area contributed by atoms with Crippen LogP contribution in [-0.4, -0.2) is 30.6 Å². The first kappa shape index (κ1) is 16.3. The molecule has 0 saturated heterocycles. The van der Waals surface area contributed by atoms with Gasteiger partial charge < -0.3 is 5.32 Å². The Bertz CT molecular complexity index is 791. The van der Waals surface area contributed by atoms with Gasteiger partial charge in [-0.2, -0.15) is 10.2 Å². The van der Waals surface area contributed by atoms with E-state index >= 15 is 0 Å². The molecule has 0 aliphatic rings. The van der Waals surface area contributed by atoms with Crippen molar-refractivity contribution in [2.24, 2.45) is 0 Å². The average Bonchev–Trinajstić information content (AvgIpc) is 3.15. The molecule has 0 bridgehead atoms. The molecule has 0 amide bonds. The molecule has 3 aromatic rings. The van der Waals surface area contributed by atoms with E-state index in [9.17, 15) is 4.39 Å². The molecule has 2 aromatic heterocycles. The topological polar surface area (TPSA) is 60.6 Å². The van der Waals surface area contributed by atoms with Crippen molar-refractivity contribution in [3.05, 3.63) is 59.7 Å². The lowest BCUT2D eigenvalue weighted by Crippen LogP contribution is -2.30. The van der Waals surface area contributed by atoms with Crippen LogP contribution in [0.5, 0.6) is 0 Å². The van der Waals surface area contributed by atoms with Crippen molar-refractivity contribution in [1.82, 2.24) is 29.9 Å². The van der Waals surface area contributed by atoms with Crippen molar-refractivity contribution in [3.8, 4) is 5.69 Å². The van der Waals surface area contributed by atoms with Gasteiger partial charge in [0.2, 0.25) is 0 Å². The summed E-state index contributed by atoms with van der Waals surface area (Å²) >= 11 is 0. The third-order valence-corrected chi connectivity index (χ3v) is 4.07. The predicted molar refractivity (Wildman–Crippen MR) is 89.3 cm³/mol. The molecule has 0 unspecified atom stereocenters. The van der Waals surface area contributed by atoms with Gasteiger partial charge in [-0.3, -0.25) is 4.68 Å². The first-order valence-electron chi connectivity index (χ1n) is 7.91. The summed E-state index contributed by atoms with van der Waals surface area (Å²) < 4.78 is 16.8. The van der Waals surface area contributed by atoms with E-state index in [1.54, 1.807) is 23.1 Å². The highest BCUT2D eigenvalue weighted by Crippen LogP contribution is 2.18. The maximum Gasteiger partial charge on any atom is 0.137 e. The van der Waals surface area contributed by atoms with E-state index in [-0.39, 0.29) is 11.9 Å². The first-order chi connectivity index (χ1) is 11.5. The Labute approximate surface area is 140 Å². The minimum absolute atomic E-state index is 0.246. The fraction of sp³-hybridized carbons (Fsp3) is 0.353. The van der Waals surface area contributed by atoms with E-state index < -0.39 is 0 Å². The fourth-order valence-corrected chi connectivity index (χ4v) is 2.71. The molecule has 0 saturated carbocycles. The van der Waals surface area contributed by atoms with E-state index in [4.69, 9.17) is 0 Å². The summed E-state index contributed by atoms with van der Waals surface area (Å²) in [5.74, 6) is -0.246. The minimum Gasteiger partial charge on any atom is -0.308 e. The van der Waals surface area contributed by atoms with Crippen LogP contribution in [-0.2, 0) is 13.1 Å². The van der Waals surface area contributed by atoms with Gasteiger partial charge in [-0.05, 0) is 45.0 Å². The van der Waals surface area contributed by atoms with Crippen LogP contribution >= 0.6 is 0 Å². The van der Waals surface area contributed by atoms with Gasteiger partial charge >= 0.3 is 0 Å². The van der Waals surface area contributed by atoms with E-state index in [0.717, 1.165) is 29.2 Å². The number of halogens is 1. The normalized spacial score (nSPS) is 12.5. The van der Waals surface area contributed by atoms with E-state index in [0.29, 0.717) is 6.54 Å². The van der Waals surface area contributed by atoms with Gasteiger partial charge in [0.25, 0.3) is 0 Å². The largest absolute Gasteiger partial charge is 0.308 e. The van der Waals surface area contributed by atoms with Crippen molar-refractivity contribution < 1.29 is 4.39 Å². The predicted octanol–water partition coefficient (Wildman–Crippen LogP) is 2.40. The second-order valence-electron chi connectivity index (χ2n) is 5.94. The van der Waals surface area contributed by atoms with Gasteiger partial charge in [-0.1, -0.05) is 0 Å². The molecular formula is C17H21FN6. The van der Waals surface area contributed by atoms with Crippen LogP contribution in [0.2, 0.25) is 0 Å². The number of nitrogens with zero attached hydrogens (tertiary/aromatic N) is 5. The SMILES string of the molecule is Cc1nn(-c2ccc(F)cc2)c(C)c1CN[C@H](C)Cn1cncn1. The molecule has 0 aliphatic carbocycles. The summed E-state index contributed by atoms with van der Waals surface area (Å²) in [5, 5.41) is 12.2. The Kier molecular flexibility index (Phi) is 4.71. The van der Waals surface area contributed by atoms with Crippen molar-refractivity contribution >= 4 is 0 Å². The van der Waals surface area contributed by atoms with Gasteiger partial charge in [0.1, 0.15) is 18.5 Å². The number of hydrogen-bond acceptors (Lipinski definition) is 4. The Hall–Kier alpha value is -2.54. The van der Waals surface area contributed by atoms with Crippen molar-refractivity contribution in [3.63, 3.8) is 0 Å². The number of rotatable bonds is 6. The Balaban J connectivity index is 1.71. The molecule has 126 valence electrons. The van der Waals surface area contributed by atoms with Crippen LogP contribution in [0.1, 0.15) is 23.9 Å². The zero-order valence-electron chi connectivity index (χ0n) is 14.1. The summed E-state index contributed by atoms with van der Waals surface area (Å²) in [6, 6.07) is 6.62. The van der Waals surface area contributed by atoms with Crippen LogP contribution in [0.15, 0.2) is 36.9 Å². The number of hydrogen-bond donors (Lipinski definition) is 1. The van der Waals surface area contributed by atoms with Crippen LogP contribution in [0.3, 0.4) is 0 Å². The molecule has 0 spiro atoms. The quantitative estimate of drug-likeness (QED) is 0.755. The summed E-state index contributed by atoms with van der Waals surface area (Å²) in [6.07, 6.45) is 3.25. The van der Waals surface area contributed by atoms with E-state index in [2.05, 4.69) is 27.4 Å². The molecule has 0 aliphatic heterocycles. The molecule has 3 rings (SSSR count). The third-order valence-electron chi connectivity index (χ3n) is 4.07. The van der Waals surface area contributed by atoms with Gasteiger partial charge in [0.15, 0.2) is 0 Å². The van der Waals surface area contributed by atoms with Crippen LogP contribution < -0.4 is 5.32 Å². The van der Waals surface area contributed by atoms with Gasteiger partial charge in [0, 0.05) is 23.8 Å². The van der Waals surface area contributed by atoms with Crippen molar-refractivity contribution in [1.29, 1.82) is 0 Å². The maximum atomic E-state index is 13.1.